The van der Waals surface area contributed by atoms with E-state index in [0.717, 1.165) is 11.2 Å². The van der Waals surface area contributed by atoms with E-state index < -0.39 is 0 Å². The van der Waals surface area contributed by atoms with Gasteiger partial charge in [0.05, 0.1) is 5.52 Å². The summed E-state index contributed by atoms with van der Waals surface area (Å²) in [4.78, 5) is 4.47. The minimum Gasteiger partial charge on any atom is -0.326 e. The molecular weight excluding hydrogens is 287 g/mol. The monoisotopic (exact) mass is 298 g/mol. The number of fused-ring (bicyclic) bond motifs is 1. The van der Waals surface area contributed by atoms with Gasteiger partial charge < -0.3 is 5.73 Å². The Morgan fingerprint density at radius 3 is 2.86 bits per heavy atom. The van der Waals surface area contributed by atoms with Gasteiger partial charge in [0.15, 0.2) is 0 Å². The SMILES string of the molecule is Cc1cc(CN)c2cc(I)ccc2n1. The molecule has 0 aliphatic rings. The summed E-state index contributed by atoms with van der Waals surface area (Å²) in [5, 5.41) is 1.17. The molecule has 0 spiro atoms. The highest BCUT2D eigenvalue weighted by molar-refractivity contribution is 14.1. The lowest BCUT2D eigenvalue weighted by molar-refractivity contribution is 1.07. The molecule has 0 unspecified atom stereocenters. The Labute approximate surface area is 96.7 Å². The number of nitrogens with zero attached hydrogens (tertiary/aromatic N) is 1. The van der Waals surface area contributed by atoms with Gasteiger partial charge in [-0.25, -0.2) is 0 Å². The van der Waals surface area contributed by atoms with Crippen molar-refractivity contribution in [2.24, 2.45) is 5.73 Å². The summed E-state index contributed by atoms with van der Waals surface area (Å²) >= 11 is 2.30. The molecule has 0 fully saturated rings. The van der Waals surface area contributed by atoms with Crippen molar-refractivity contribution in [2.75, 3.05) is 0 Å². The number of nitrogens with two attached hydrogens (primary N) is 1. The lowest BCUT2D eigenvalue weighted by atomic mass is 10.1. The van der Waals surface area contributed by atoms with E-state index in [2.05, 4.69) is 45.8 Å². The van der Waals surface area contributed by atoms with E-state index >= 15 is 0 Å². The van der Waals surface area contributed by atoms with Crippen molar-refractivity contribution in [1.82, 2.24) is 4.98 Å². The minimum atomic E-state index is 0.569. The van der Waals surface area contributed by atoms with Crippen LogP contribution in [0.1, 0.15) is 11.3 Å². The maximum absolute atomic E-state index is 5.70. The minimum absolute atomic E-state index is 0.569. The molecule has 0 aliphatic heterocycles. The normalized spacial score (nSPS) is 10.8. The summed E-state index contributed by atoms with van der Waals surface area (Å²) in [5.41, 5.74) is 8.94. The predicted octanol–water partition coefficient (Wildman–Crippen LogP) is 2.61. The van der Waals surface area contributed by atoms with Gasteiger partial charge in [-0.1, -0.05) is 0 Å². The van der Waals surface area contributed by atoms with E-state index in [1.807, 2.05) is 13.0 Å². The van der Waals surface area contributed by atoms with Crippen molar-refractivity contribution in [3.8, 4) is 0 Å². The van der Waals surface area contributed by atoms with Gasteiger partial charge in [-0.2, -0.15) is 0 Å². The van der Waals surface area contributed by atoms with Crippen LogP contribution >= 0.6 is 22.6 Å². The molecule has 14 heavy (non-hydrogen) atoms. The molecule has 1 aromatic heterocycles. The van der Waals surface area contributed by atoms with Crippen LogP contribution in [0.5, 0.6) is 0 Å². The van der Waals surface area contributed by atoms with Gasteiger partial charge in [0.2, 0.25) is 0 Å². The molecule has 0 aliphatic carbocycles. The molecule has 2 N–H and O–H groups in total. The molecule has 2 rings (SSSR count). The van der Waals surface area contributed by atoms with Gasteiger partial charge in [0, 0.05) is 21.2 Å². The van der Waals surface area contributed by atoms with Crippen LogP contribution < -0.4 is 5.73 Å². The van der Waals surface area contributed by atoms with Crippen LogP contribution in [0.2, 0.25) is 0 Å². The van der Waals surface area contributed by atoms with Gasteiger partial charge in [0.1, 0.15) is 0 Å². The number of hydrogen-bond donors (Lipinski definition) is 1. The predicted molar refractivity (Wildman–Crippen MR) is 67.1 cm³/mol. The number of aromatic nitrogens is 1. The maximum atomic E-state index is 5.70. The largest absolute Gasteiger partial charge is 0.326 e. The number of hydrogen-bond acceptors (Lipinski definition) is 2. The summed E-state index contributed by atoms with van der Waals surface area (Å²) in [5.74, 6) is 0. The van der Waals surface area contributed by atoms with Crippen LogP contribution in [0.3, 0.4) is 0 Å². The number of benzene rings is 1. The van der Waals surface area contributed by atoms with Crippen molar-refractivity contribution in [3.05, 3.63) is 39.1 Å². The molecule has 0 atom stereocenters. The average Bonchev–Trinajstić information content (AvgIpc) is 2.17. The van der Waals surface area contributed by atoms with E-state index in [4.69, 9.17) is 5.73 Å². The van der Waals surface area contributed by atoms with Crippen LogP contribution in [0, 0.1) is 10.5 Å². The first-order valence-electron chi connectivity index (χ1n) is 4.46. The highest BCUT2D eigenvalue weighted by Crippen LogP contribution is 2.20. The molecule has 0 amide bonds. The van der Waals surface area contributed by atoms with Crippen molar-refractivity contribution in [2.45, 2.75) is 13.5 Å². The van der Waals surface area contributed by atoms with E-state index in [0.29, 0.717) is 6.54 Å². The first-order valence-corrected chi connectivity index (χ1v) is 5.54. The molecule has 0 bridgehead atoms. The highest BCUT2D eigenvalue weighted by atomic mass is 127. The first-order chi connectivity index (χ1) is 6.70. The third-order valence-electron chi connectivity index (χ3n) is 2.20. The van der Waals surface area contributed by atoms with E-state index in [-0.39, 0.29) is 0 Å². The number of aryl methyl sites for hydroxylation is 1. The summed E-state index contributed by atoms with van der Waals surface area (Å²) in [6, 6.07) is 8.29. The molecule has 2 nitrogen and oxygen atoms in total. The van der Waals surface area contributed by atoms with Gasteiger partial charge in [-0.15, -0.1) is 0 Å². The third kappa shape index (κ3) is 1.74. The molecule has 72 valence electrons. The van der Waals surface area contributed by atoms with Crippen molar-refractivity contribution < 1.29 is 0 Å². The Morgan fingerprint density at radius 2 is 2.14 bits per heavy atom. The third-order valence-corrected chi connectivity index (χ3v) is 2.88. The smallest absolute Gasteiger partial charge is 0.0709 e. The summed E-state index contributed by atoms with van der Waals surface area (Å²) < 4.78 is 1.22. The zero-order valence-corrected chi connectivity index (χ0v) is 10.1. The van der Waals surface area contributed by atoms with Crippen molar-refractivity contribution >= 4 is 33.5 Å². The fraction of sp³-hybridized carbons (Fsp3) is 0.182. The Hall–Kier alpha value is -0.680. The second-order valence-electron chi connectivity index (χ2n) is 3.29. The molecule has 1 heterocycles. The average molecular weight is 298 g/mol. The van der Waals surface area contributed by atoms with Crippen molar-refractivity contribution in [3.63, 3.8) is 0 Å². The Kier molecular flexibility index (Phi) is 2.69. The lowest BCUT2D eigenvalue weighted by Crippen LogP contribution is -1.99. The molecule has 1 aromatic carbocycles. The fourth-order valence-corrected chi connectivity index (χ4v) is 2.08. The molecule has 2 aromatic rings. The number of pyridine rings is 1. The molecule has 0 radical (unpaired) electrons. The Balaban J connectivity index is 2.81. The highest BCUT2D eigenvalue weighted by Gasteiger charge is 2.02. The Morgan fingerprint density at radius 1 is 1.36 bits per heavy atom. The maximum Gasteiger partial charge on any atom is 0.0709 e. The number of halogens is 1. The fourth-order valence-electron chi connectivity index (χ4n) is 1.58. The molecular formula is C11H11IN2. The zero-order valence-electron chi connectivity index (χ0n) is 7.92. The lowest BCUT2D eigenvalue weighted by Gasteiger charge is -2.05. The van der Waals surface area contributed by atoms with Crippen LogP contribution in [-0.2, 0) is 6.54 Å². The van der Waals surface area contributed by atoms with Crippen LogP contribution in [0.4, 0.5) is 0 Å². The molecule has 3 heteroatoms. The zero-order chi connectivity index (χ0) is 10.1. The van der Waals surface area contributed by atoms with Gasteiger partial charge >= 0.3 is 0 Å². The summed E-state index contributed by atoms with van der Waals surface area (Å²) in [7, 11) is 0. The second-order valence-corrected chi connectivity index (χ2v) is 4.53. The van der Waals surface area contributed by atoms with E-state index in [9.17, 15) is 0 Å². The van der Waals surface area contributed by atoms with Crippen LogP contribution in [0.15, 0.2) is 24.3 Å². The number of rotatable bonds is 1. The molecule has 0 saturated heterocycles. The van der Waals surface area contributed by atoms with E-state index in [1.165, 1.54) is 14.5 Å². The van der Waals surface area contributed by atoms with Gasteiger partial charge in [-0.05, 0) is 59.3 Å². The van der Waals surface area contributed by atoms with Crippen LogP contribution in [-0.4, -0.2) is 4.98 Å². The van der Waals surface area contributed by atoms with Crippen LogP contribution in [0.25, 0.3) is 10.9 Å². The quantitative estimate of drug-likeness (QED) is 0.822. The second kappa shape index (κ2) is 3.82. The van der Waals surface area contributed by atoms with Crippen molar-refractivity contribution in [1.29, 1.82) is 0 Å². The Bertz CT molecular complexity index is 480. The molecule has 0 saturated carbocycles. The summed E-state index contributed by atoms with van der Waals surface area (Å²) in [6.07, 6.45) is 0. The van der Waals surface area contributed by atoms with Gasteiger partial charge in [-0.3, -0.25) is 4.98 Å². The summed E-state index contributed by atoms with van der Waals surface area (Å²) in [6.45, 7) is 2.57. The standard InChI is InChI=1S/C11H11IN2/c1-7-4-8(6-13)10-5-9(12)2-3-11(10)14-7/h2-5H,6,13H2,1H3. The topological polar surface area (TPSA) is 38.9 Å². The van der Waals surface area contributed by atoms with E-state index in [1.54, 1.807) is 0 Å². The van der Waals surface area contributed by atoms with Gasteiger partial charge in [0.25, 0.3) is 0 Å². The first kappa shape index (κ1) is 9.86.